The number of benzene rings is 1. The van der Waals surface area contributed by atoms with Gasteiger partial charge in [0.1, 0.15) is 5.52 Å². The highest BCUT2D eigenvalue weighted by molar-refractivity contribution is 6.03. The van der Waals surface area contributed by atoms with Crippen molar-refractivity contribution in [2.75, 3.05) is 6.61 Å². The van der Waals surface area contributed by atoms with Crippen molar-refractivity contribution < 1.29 is 23.4 Å². The lowest BCUT2D eigenvalue weighted by Crippen LogP contribution is -2.28. The van der Waals surface area contributed by atoms with Crippen molar-refractivity contribution in [3.63, 3.8) is 0 Å². The number of imidazole rings is 1. The number of carbonyl (C=O) groups is 1. The first-order chi connectivity index (χ1) is 13.8. The maximum Gasteiger partial charge on any atom is 0.399 e. The van der Waals surface area contributed by atoms with Crippen LogP contribution in [0.5, 0.6) is 0 Å². The molecule has 1 aliphatic heterocycles. The molecule has 152 valence electrons. The summed E-state index contributed by atoms with van der Waals surface area (Å²) in [6.45, 7) is 3.13. The standard InChI is InChI=1S/C14H8F2N4O2.C6H12O/c1-20-11-8-4-7(5-17)2-3-9(8)18-6-10(11)19-12(20)14(15,16)13(21)22;1-6-4-2-3-5-7-6/h2-4,6H,1H3,(H,21,22);6H,2-5H2,1H3/t;6-/m.1/s1. The molecule has 1 aliphatic rings. The average molecular weight is 402 g/mol. The summed E-state index contributed by atoms with van der Waals surface area (Å²) in [6, 6.07) is 6.62. The van der Waals surface area contributed by atoms with Crippen molar-refractivity contribution in [2.24, 2.45) is 7.05 Å². The quantitative estimate of drug-likeness (QED) is 0.701. The Morgan fingerprint density at radius 1 is 1.38 bits per heavy atom. The van der Waals surface area contributed by atoms with Crippen molar-refractivity contribution in [1.82, 2.24) is 14.5 Å². The number of rotatable bonds is 2. The second-order valence-electron chi connectivity index (χ2n) is 6.89. The molecule has 0 bridgehead atoms. The molecule has 4 rings (SSSR count). The maximum atomic E-state index is 13.8. The van der Waals surface area contributed by atoms with E-state index in [1.165, 1.54) is 38.6 Å². The Balaban J connectivity index is 0.000000290. The molecular formula is C20H20F2N4O3. The molecule has 9 heteroatoms. The number of carboxylic acid groups (broad SMARTS) is 1. The van der Waals surface area contributed by atoms with Gasteiger partial charge in [-0.05, 0) is 44.4 Å². The SMILES string of the molecule is C[C@@H]1CCCCO1.Cn1c(C(F)(F)C(=O)O)nc2cnc3ccc(C#N)cc3c21. The molecule has 0 aliphatic carbocycles. The number of nitriles is 1. The van der Waals surface area contributed by atoms with Crippen LogP contribution in [0.2, 0.25) is 0 Å². The fraction of sp³-hybridized carbons (Fsp3) is 0.400. The van der Waals surface area contributed by atoms with Crippen LogP contribution in [0.3, 0.4) is 0 Å². The number of nitrogens with zero attached hydrogens (tertiary/aromatic N) is 4. The Bertz CT molecular complexity index is 1100. The number of ether oxygens (including phenoxy) is 1. The Morgan fingerprint density at radius 2 is 2.14 bits per heavy atom. The van der Waals surface area contributed by atoms with Gasteiger partial charge in [-0.25, -0.2) is 9.78 Å². The van der Waals surface area contributed by atoms with Crippen molar-refractivity contribution in [3.8, 4) is 6.07 Å². The molecule has 3 aromatic rings. The molecule has 7 nitrogen and oxygen atoms in total. The maximum absolute atomic E-state index is 13.8. The molecule has 0 saturated carbocycles. The minimum absolute atomic E-state index is 0.140. The minimum atomic E-state index is -4.12. The molecule has 1 fully saturated rings. The number of aryl methyl sites for hydroxylation is 1. The molecular weight excluding hydrogens is 382 g/mol. The Hall–Kier alpha value is -3.12. The van der Waals surface area contributed by atoms with E-state index in [0.29, 0.717) is 28.1 Å². The van der Waals surface area contributed by atoms with Crippen LogP contribution in [0.4, 0.5) is 8.78 Å². The zero-order valence-corrected chi connectivity index (χ0v) is 16.0. The first-order valence-corrected chi connectivity index (χ1v) is 9.14. The summed E-state index contributed by atoms with van der Waals surface area (Å²) >= 11 is 0. The van der Waals surface area contributed by atoms with Crippen molar-refractivity contribution >= 4 is 27.9 Å². The van der Waals surface area contributed by atoms with Crippen LogP contribution in [-0.4, -0.2) is 38.3 Å². The van der Waals surface area contributed by atoms with Crippen LogP contribution in [-0.2, 0) is 22.5 Å². The number of aliphatic carboxylic acids is 1. The van der Waals surface area contributed by atoms with E-state index < -0.39 is 17.7 Å². The van der Waals surface area contributed by atoms with Crippen molar-refractivity contribution in [3.05, 3.63) is 35.8 Å². The van der Waals surface area contributed by atoms with Crippen LogP contribution in [0, 0.1) is 11.3 Å². The van der Waals surface area contributed by atoms with Crippen LogP contribution >= 0.6 is 0 Å². The second kappa shape index (κ2) is 8.09. The van der Waals surface area contributed by atoms with E-state index in [1.807, 2.05) is 6.07 Å². The fourth-order valence-electron chi connectivity index (χ4n) is 3.25. The molecule has 29 heavy (non-hydrogen) atoms. The predicted octanol–water partition coefficient (Wildman–Crippen LogP) is 3.74. The van der Waals surface area contributed by atoms with E-state index in [-0.39, 0.29) is 5.52 Å². The monoisotopic (exact) mass is 402 g/mol. The number of aromatic nitrogens is 3. The molecule has 0 spiro atoms. The third kappa shape index (κ3) is 4.03. The number of hydrogen-bond acceptors (Lipinski definition) is 5. The van der Waals surface area contributed by atoms with Gasteiger partial charge in [-0.2, -0.15) is 14.0 Å². The number of fused-ring (bicyclic) bond motifs is 3. The molecule has 0 amide bonds. The van der Waals surface area contributed by atoms with Crippen LogP contribution in [0.15, 0.2) is 24.4 Å². The summed E-state index contributed by atoms with van der Waals surface area (Å²) in [7, 11) is 1.31. The van der Waals surface area contributed by atoms with Gasteiger partial charge < -0.3 is 14.4 Å². The molecule has 2 aromatic heterocycles. The van der Waals surface area contributed by atoms with E-state index >= 15 is 0 Å². The minimum Gasteiger partial charge on any atom is -0.476 e. The summed E-state index contributed by atoms with van der Waals surface area (Å²) < 4.78 is 33.8. The van der Waals surface area contributed by atoms with Gasteiger partial charge in [0.25, 0.3) is 0 Å². The summed E-state index contributed by atoms with van der Waals surface area (Å²) in [6.07, 6.45) is 5.73. The Morgan fingerprint density at radius 3 is 2.69 bits per heavy atom. The zero-order valence-electron chi connectivity index (χ0n) is 16.0. The highest BCUT2D eigenvalue weighted by Gasteiger charge is 2.45. The highest BCUT2D eigenvalue weighted by Crippen LogP contribution is 2.32. The summed E-state index contributed by atoms with van der Waals surface area (Å²) in [5.74, 6) is -7.28. The molecule has 0 unspecified atom stereocenters. The van der Waals surface area contributed by atoms with E-state index in [0.717, 1.165) is 11.2 Å². The van der Waals surface area contributed by atoms with Gasteiger partial charge in [-0.15, -0.1) is 0 Å². The van der Waals surface area contributed by atoms with Crippen LogP contribution in [0.25, 0.3) is 21.9 Å². The van der Waals surface area contributed by atoms with Gasteiger partial charge in [-0.3, -0.25) is 4.98 Å². The van der Waals surface area contributed by atoms with E-state index in [4.69, 9.17) is 15.1 Å². The van der Waals surface area contributed by atoms with Gasteiger partial charge in [0.15, 0.2) is 5.82 Å². The lowest BCUT2D eigenvalue weighted by molar-refractivity contribution is -0.167. The summed E-state index contributed by atoms with van der Waals surface area (Å²) in [5.41, 5.74) is 1.29. The highest BCUT2D eigenvalue weighted by atomic mass is 19.3. The van der Waals surface area contributed by atoms with Crippen LogP contribution in [0.1, 0.15) is 37.6 Å². The molecule has 1 saturated heterocycles. The van der Waals surface area contributed by atoms with E-state index in [2.05, 4.69) is 16.9 Å². The lowest BCUT2D eigenvalue weighted by Gasteiger charge is -2.17. The van der Waals surface area contributed by atoms with Crippen LogP contribution < -0.4 is 0 Å². The van der Waals surface area contributed by atoms with Crippen molar-refractivity contribution in [2.45, 2.75) is 38.2 Å². The average Bonchev–Trinajstić information content (AvgIpc) is 3.06. The summed E-state index contributed by atoms with van der Waals surface area (Å²) in [5, 5.41) is 18.1. The molecule has 1 aromatic carbocycles. The Kier molecular flexibility index (Phi) is 5.75. The third-order valence-corrected chi connectivity index (χ3v) is 4.79. The van der Waals surface area contributed by atoms with Gasteiger partial charge in [0.2, 0.25) is 0 Å². The number of hydrogen-bond donors (Lipinski definition) is 1. The van der Waals surface area contributed by atoms with Gasteiger partial charge in [0, 0.05) is 19.0 Å². The molecule has 1 N–H and O–H groups in total. The van der Waals surface area contributed by atoms with E-state index in [1.54, 1.807) is 12.1 Å². The topological polar surface area (TPSA) is 101 Å². The number of halogens is 2. The first-order valence-electron chi connectivity index (χ1n) is 9.14. The van der Waals surface area contributed by atoms with Crippen molar-refractivity contribution in [1.29, 1.82) is 5.26 Å². The molecule has 0 radical (unpaired) electrons. The number of carboxylic acids is 1. The lowest BCUT2D eigenvalue weighted by atomic mass is 10.1. The zero-order chi connectivity index (χ0) is 21.2. The van der Waals surface area contributed by atoms with Gasteiger partial charge in [0.05, 0.1) is 35.0 Å². The fourth-order valence-corrected chi connectivity index (χ4v) is 3.25. The first kappa shape index (κ1) is 20.6. The smallest absolute Gasteiger partial charge is 0.399 e. The largest absolute Gasteiger partial charge is 0.476 e. The van der Waals surface area contributed by atoms with Gasteiger partial charge >= 0.3 is 11.9 Å². The van der Waals surface area contributed by atoms with Gasteiger partial charge in [-0.1, -0.05) is 0 Å². The Labute approximate surface area is 165 Å². The normalized spacial score (nSPS) is 16.9. The predicted molar refractivity (Wildman–Crippen MR) is 102 cm³/mol. The summed E-state index contributed by atoms with van der Waals surface area (Å²) in [4.78, 5) is 18.5. The third-order valence-electron chi connectivity index (χ3n) is 4.79. The van der Waals surface area contributed by atoms with E-state index in [9.17, 15) is 13.6 Å². The molecule has 3 heterocycles. The molecule has 1 atom stereocenters. The number of pyridine rings is 1. The second-order valence-corrected chi connectivity index (χ2v) is 6.89. The number of alkyl halides is 2.